The first-order valence-electron chi connectivity index (χ1n) is 9.65. The van der Waals surface area contributed by atoms with Crippen molar-refractivity contribution in [1.82, 2.24) is 4.90 Å². The predicted octanol–water partition coefficient (Wildman–Crippen LogP) is 2.38. The number of likely N-dealkylation sites (tertiary alicyclic amines) is 1. The van der Waals surface area contributed by atoms with Crippen LogP contribution in [0.15, 0.2) is 12.1 Å². The van der Waals surface area contributed by atoms with E-state index in [9.17, 15) is 4.79 Å². The highest BCUT2D eigenvalue weighted by Gasteiger charge is 2.52. The highest BCUT2D eigenvalue weighted by atomic mass is 19.1. The lowest BCUT2D eigenvalue weighted by Crippen LogP contribution is -2.41. The molecule has 8 heteroatoms. The molecule has 154 valence electrons. The van der Waals surface area contributed by atoms with Crippen LogP contribution >= 0.6 is 0 Å². The van der Waals surface area contributed by atoms with Crippen LogP contribution in [-0.4, -0.2) is 62.5 Å². The highest BCUT2D eigenvalue weighted by molar-refractivity contribution is 6.62. The maximum absolute atomic E-state index is 15.0. The molecule has 0 aliphatic carbocycles. The Balaban J connectivity index is 1.86. The minimum absolute atomic E-state index is 0.0568. The van der Waals surface area contributed by atoms with Gasteiger partial charge >= 0.3 is 7.12 Å². The summed E-state index contributed by atoms with van der Waals surface area (Å²) in [6.07, 6.45) is 1.61. The summed E-state index contributed by atoms with van der Waals surface area (Å²) in [6.45, 7) is 8.78. The summed E-state index contributed by atoms with van der Waals surface area (Å²) in [5.74, 6) is -0.823. The molecule has 3 rings (SSSR count). The van der Waals surface area contributed by atoms with Gasteiger partial charge in [0.05, 0.1) is 24.4 Å². The maximum Gasteiger partial charge on any atom is 0.495 e. The zero-order chi connectivity index (χ0) is 20.7. The molecule has 2 heterocycles. The Morgan fingerprint density at radius 3 is 2.21 bits per heavy atom. The predicted molar refractivity (Wildman–Crippen MR) is 105 cm³/mol. The zero-order valence-corrected chi connectivity index (χ0v) is 17.5. The minimum atomic E-state index is -0.727. The third-order valence-corrected chi connectivity index (χ3v) is 6.10. The molecule has 1 aromatic carbocycles. The first kappa shape index (κ1) is 21.1. The second kappa shape index (κ2) is 7.65. The van der Waals surface area contributed by atoms with Crippen LogP contribution in [0, 0.1) is 5.82 Å². The Morgan fingerprint density at radius 2 is 1.71 bits per heavy atom. The third-order valence-electron chi connectivity index (χ3n) is 6.10. The molecule has 0 saturated carbocycles. The van der Waals surface area contributed by atoms with Gasteiger partial charge in [-0.2, -0.15) is 0 Å². The van der Waals surface area contributed by atoms with E-state index in [1.54, 1.807) is 18.1 Å². The van der Waals surface area contributed by atoms with Gasteiger partial charge in [0, 0.05) is 20.2 Å². The van der Waals surface area contributed by atoms with Crippen molar-refractivity contribution in [3.63, 3.8) is 0 Å². The molecule has 0 unspecified atom stereocenters. The summed E-state index contributed by atoms with van der Waals surface area (Å²) >= 11 is 0. The van der Waals surface area contributed by atoms with Gasteiger partial charge in [-0.25, -0.2) is 4.39 Å². The first-order chi connectivity index (χ1) is 13.1. The molecule has 0 radical (unpaired) electrons. The number of carbonyl (C=O) groups excluding carboxylic acids is 1. The van der Waals surface area contributed by atoms with Crippen LogP contribution in [0.1, 0.15) is 50.9 Å². The average molecular weight is 393 g/mol. The molecule has 0 bridgehead atoms. The van der Waals surface area contributed by atoms with Crippen molar-refractivity contribution in [3.8, 4) is 5.75 Å². The molecule has 0 spiro atoms. The number of hydrogen-bond acceptors (Lipinski definition) is 5. The number of rotatable bonds is 4. The molecular formula is C20H29BFNO5. The van der Waals surface area contributed by atoms with Crippen LogP contribution in [-0.2, 0) is 14.0 Å². The number of ether oxygens (including phenoxy) is 2. The summed E-state index contributed by atoms with van der Waals surface area (Å²) in [5.41, 5.74) is -0.649. The summed E-state index contributed by atoms with van der Waals surface area (Å²) in [6, 6.07) is 2.93. The van der Waals surface area contributed by atoms with Crippen LogP contribution in [0.4, 0.5) is 4.39 Å². The van der Waals surface area contributed by atoms with Gasteiger partial charge in [0.2, 0.25) is 0 Å². The van der Waals surface area contributed by atoms with E-state index < -0.39 is 24.1 Å². The fraction of sp³-hybridized carbons (Fsp3) is 0.650. The number of amides is 1. The van der Waals surface area contributed by atoms with Gasteiger partial charge in [0.15, 0.2) is 0 Å². The average Bonchev–Trinajstić information content (AvgIpc) is 2.88. The van der Waals surface area contributed by atoms with Gasteiger partial charge in [-0.05, 0) is 58.1 Å². The highest BCUT2D eigenvalue weighted by Crippen LogP contribution is 2.37. The monoisotopic (exact) mass is 393 g/mol. The number of benzene rings is 1. The number of halogens is 1. The summed E-state index contributed by atoms with van der Waals surface area (Å²) in [7, 11) is 2.37. The summed E-state index contributed by atoms with van der Waals surface area (Å²) in [4.78, 5) is 14.6. The van der Waals surface area contributed by atoms with Crippen LogP contribution in [0.25, 0.3) is 0 Å². The summed E-state index contributed by atoms with van der Waals surface area (Å²) in [5, 5.41) is 0. The largest absolute Gasteiger partial charge is 0.496 e. The van der Waals surface area contributed by atoms with Crippen molar-refractivity contribution in [2.75, 3.05) is 27.3 Å². The standard InChI is InChI=1S/C20H29BFNO5/c1-19(2)20(3,4)28-21(27-19)13-11-15(22)17(16(12-13)26-6)18(24)23-9-7-14(25-5)8-10-23/h11-12,14H,7-10H2,1-6H3. The Hall–Kier alpha value is -1.64. The van der Waals surface area contributed by atoms with Crippen molar-refractivity contribution in [2.24, 2.45) is 0 Å². The van der Waals surface area contributed by atoms with Crippen molar-refractivity contribution in [1.29, 1.82) is 0 Å². The van der Waals surface area contributed by atoms with E-state index in [2.05, 4.69) is 0 Å². The van der Waals surface area contributed by atoms with Crippen molar-refractivity contribution in [2.45, 2.75) is 57.8 Å². The van der Waals surface area contributed by atoms with E-state index in [0.717, 1.165) is 12.8 Å². The van der Waals surface area contributed by atoms with Crippen LogP contribution in [0.2, 0.25) is 0 Å². The van der Waals surface area contributed by atoms with E-state index in [-0.39, 0.29) is 23.3 Å². The first-order valence-corrected chi connectivity index (χ1v) is 9.65. The molecule has 0 N–H and O–H groups in total. The van der Waals surface area contributed by atoms with Gasteiger partial charge in [-0.1, -0.05) is 0 Å². The number of methoxy groups -OCH3 is 2. The van der Waals surface area contributed by atoms with E-state index in [0.29, 0.717) is 18.6 Å². The van der Waals surface area contributed by atoms with Crippen LogP contribution in [0.5, 0.6) is 5.75 Å². The Morgan fingerprint density at radius 1 is 1.14 bits per heavy atom. The number of carbonyl (C=O) groups is 1. The molecular weight excluding hydrogens is 364 g/mol. The lowest BCUT2D eigenvalue weighted by molar-refractivity contribution is 0.00578. The lowest BCUT2D eigenvalue weighted by Gasteiger charge is -2.32. The maximum atomic E-state index is 15.0. The Labute approximate surface area is 166 Å². The van der Waals surface area contributed by atoms with E-state index in [4.69, 9.17) is 18.8 Å². The molecule has 2 fully saturated rings. The smallest absolute Gasteiger partial charge is 0.495 e. The molecule has 2 saturated heterocycles. The third kappa shape index (κ3) is 3.77. The zero-order valence-electron chi connectivity index (χ0n) is 17.5. The van der Waals surface area contributed by atoms with Gasteiger partial charge in [0.1, 0.15) is 17.1 Å². The topological polar surface area (TPSA) is 57.2 Å². The fourth-order valence-corrected chi connectivity index (χ4v) is 3.54. The summed E-state index contributed by atoms with van der Waals surface area (Å²) < 4.78 is 37.7. The van der Waals surface area contributed by atoms with Crippen molar-refractivity contribution < 1.29 is 28.0 Å². The number of nitrogens with zero attached hydrogens (tertiary/aromatic N) is 1. The lowest BCUT2D eigenvalue weighted by atomic mass is 9.78. The second-order valence-electron chi connectivity index (χ2n) is 8.40. The molecule has 2 aliphatic rings. The van der Waals surface area contributed by atoms with Crippen molar-refractivity contribution in [3.05, 3.63) is 23.5 Å². The van der Waals surface area contributed by atoms with E-state index in [1.165, 1.54) is 13.2 Å². The van der Waals surface area contributed by atoms with Gasteiger partial charge in [-0.3, -0.25) is 4.79 Å². The second-order valence-corrected chi connectivity index (χ2v) is 8.40. The molecule has 0 atom stereocenters. The molecule has 2 aliphatic heterocycles. The molecule has 0 aromatic heterocycles. The molecule has 6 nitrogen and oxygen atoms in total. The molecule has 1 aromatic rings. The molecule has 1 amide bonds. The van der Waals surface area contributed by atoms with E-state index in [1.807, 2.05) is 27.7 Å². The minimum Gasteiger partial charge on any atom is -0.496 e. The van der Waals surface area contributed by atoms with Crippen molar-refractivity contribution >= 4 is 18.5 Å². The van der Waals surface area contributed by atoms with Gasteiger partial charge in [0.25, 0.3) is 5.91 Å². The number of piperidine rings is 1. The van der Waals surface area contributed by atoms with Crippen LogP contribution < -0.4 is 10.2 Å². The SMILES string of the molecule is COc1cc(B2OC(C)(C)C(C)(C)O2)cc(F)c1C(=O)N1CCC(OC)CC1. The quantitative estimate of drug-likeness (QED) is 0.736. The van der Waals surface area contributed by atoms with Gasteiger partial charge < -0.3 is 23.7 Å². The Bertz CT molecular complexity index is 730. The van der Waals surface area contributed by atoms with E-state index >= 15 is 4.39 Å². The van der Waals surface area contributed by atoms with Gasteiger partial charge in [-0.15, -0.1) is 0 Å². The Kier molecular flexibility index (Phi) is 5.76. The molecule has 28 heavy (non-hydrogen) atoms. The van der Waals surface area contributed by atoms with Crippen LogP contribution in [0.3, 0.4) is 0 Å². The number of hydrogen-bond donors (Lipinski definition) is 0. The fourth-order valence-electron chi connectivity index (χ4n) is 3.54. The normalized spacial score (nSPS) is 21.8.